The Morgan fingerprint density at radius 3 is 2.66 bits per heavy atom. The van der Waals surface area contributed by atoms with Gasteiger partial charge in [0, 0.05) is 30.0 Å². The number of carbonyl (C=O) groups is 2. The molecule has 0 spiro atoms. The van der Waals surface area contributed by atoms with Crippen molar-refractivity contribution in [1.29, 1.82) is 0 Å². The molecular formula is C23H24N4O2. The minimum absolute atomic E-state index is 0.132. The Hall–Kier alpha value is -3.41. The van der Waals surface area contributed by atoms with Gasteiger partial charge in [0.05, 0.1) is 5.69 Å². The van der Waals surface area contributed by atoms with Crippen molar-refractivity contribution >= 4 is 23.2 Å². The van der Waals surface area contributed by atoms with Crippen LogP contribution in [0.2, 0.25) is 0 Å². The van der Waals surface area contributed by atoms with Gasteiger partial charge in [0.1, 0.15) is 0 Å². The van der Waals surface area contributed by atoms with Crippen molar-refractivity contribution in [1.82, 2.24) is 9.78 Å². The molecule has 2 heterocycles. The van der Waals surface area contributed by atoms with Crippen LogP contribution < -0.4 is 10.2 Å². The van der Waals surface area contributed by atoms with Gasteiger partial charge >= 0.3 is 0 Å². The highest BCUT2D eigenvalue weighted by molar-refractivity contribution is 6.03. The number of aromatic nitrogens is 2. The topological polar surface area (TPSA) is 67.2 Å². The highest BCUT2D eigenvalue weighted by Gasteiger charge is 2.20. The fourth-order valence-corrected chi connectivity index (χ4v) is 3.66. The van der Waals surface area contributed by atoms with E-state index < -0.39 is 0 Å². The fraction of sp³-hybridized carbons (Fsp3) is 0.261. The molecule has 6 nitrogen and oxygen atoms in total. The van der Waals surface area contributed by atoms with E-state index in [4.69, 9.17) is 0 Å². The van der Waals surface area contributed by atoms with Crippen molar-refractivity contribution in [3.05, 3.63) is 71.5 Å². The number of benzene rings is 2. The Kier molecular flexibility index (Phi) is 5.16. The molecule has 2 aromatic carbocycles. The van der Waals surface area contributed by atoms with E-state index in [2.05, 4.69) is 10.4 Å². The smallest absolute Gasteiger partial charge is 0.276 e. The summed E-state index contributed by atoms with van der Waals surface area (Å²) in [5, 5.41) is 7.41. The highest BCUT2D eigenvalue weighted by Crippen LogP contribution is 2.24. The molecule has 0 bridgehead atoms. The van der Waals surface area contributed by atoms with Gasteiger partial charge in [-0.15, -0.1) is 0 Å². The average molecular weight is 388 g/mol. The molecule has 0 aliphatic carbocycles. The lowest BCUT2D eigenvalue weighted by Gasteiger charge is -2.27. The molecular weight excluding hydrogens is 364 g/mol. The summed E-state index contributed by atoms with van der Waals surface area (Å²) in [4.78, 5) is 26.7. The van der Waals surface area contributed by atoms with E-state index in [1.807, 2.05) is 62.4 Å². The largest absolute Gasteiger partial charge is 0.321 e. The SMILES string of the molecule is Cc1ccccc1-n1nc(C(=O)Nc2cccc(N3CCCCC3=O)c2)cc1C. The molecule has 1 N–H and O–H groups in total. The predicted molar refractivity (Wildman–Crippen MR) is 114 cm³/mol. The van der Waals surface area contributed by atoms with Gasteiger partial charge in [0.15, 0.2) is 5.69 Å². The van der Waals surface area contributed by atoms with Gasteiger partial charge in [0.2, 0.25) is 5.91 Å². The zero-order valence-electron chi connectivity index (χ0n) is 16.7. The Morgan fingerprint density at radius 1 is 1.03 bits per heavy atom. The maximum atomic E-state index is 12.8. The molecule has 1 aliphatic heterocycles. The number of hydrogen-bond acceptors (Lipinski definition) is 3. The van der Waals surface area contributed by atoms with Gasteiger partial charge in [-0.2, -0.15) is 5.10 Å². The van der Waals surface area contributed by atoms with Crippen LogP contribution in [0, 0.1) is 13.8 Å². The van der Waals surface area contributed by atoms with Gasteiger partial charge in [-0.25, -0.2) is 4.68 Å². The molecule has 1 aliphatic rings. The zero-order valence-corrected chi connectivity index (χ0v) is 16.7. The van der Waals surface area contributed by atoms with Gasteiger partial charge in [0.25, 0.3) is 5.91 Å². The lowest BCUT2D eigenvalue weighted by atomic mass is 10.1. The lowest BCUT2D eigenvalue weighted by Crippen LogP contribution is -2.35. The van der Waals surface area contributed by atoms with Crippen molar-refractivity contribution in [3.8, 4) is 5.69 Å². The molecule has 1 fully saturated rings. The van der Waals surface area contributed by atoms with Crippen LogP contribution in [0.1, 0.15) is 41.0 Å². The molecule has 6 heteroatoms. The summed E-state index contributed by atoms with van der Waals surface area (Å²) in [6.07, 6.45) is 2.51. The van der Waals surface area contributed by atoms with Crippen LogP contribution in [-0.2, 0) is 4.79 Å². The maximum absolute atomic E-state index is 12.8. The van der Waals surface area contributed by atoms with Crippen molar-refractivity contribution in [2.24, 2.45) is 0 Å². The molecule has 148 valence electrons. The van der Waals surface area contributed by atoms with Gasteiger partial charge in [-0.05, 0) is 62.6 Å². The van der Waals surface area contributed by atoms with Crippen molar-refractivity contribution in [2.45, 2.75) is 33.1 Å². The second kappa shape index (κ2) is 7.91. The second-order valence-corrected chi connectivity index (χ2v) is 7.38. The van der Waals surface area contributed by atoms with Crippen molar-refractivity contribution in [3.63, 3.8) is 0 Å². The quantitative estimate of drug-likeness (QED) is 0.726. The van der Waals surface area contributed by atoms with Crippen LogP contribution in [0.3, 0.4) is 0 Å². The molecule has 0 radical (unpaired) electrons. The van der Waals surface area contributed by atoms with E-state index in [9.17, 15) is 9.59 Å². The Morgan fingerprint density at radius 2 is 1.86 bits per heavy atom. The van der Waals surface area contributed by atoms with Crippen LogP contribution in [0.25, 0.3) is 5.69 Å². The van der Waals surface area contributed by atoms with E-state index in [1.54, 1.807) is 15.6 Å². The van der Waals surface area contributed by atoms with Crippen molar-refractivity contribution < 1.29 is 9.59 Å². The zero-order chi connectivity index (χ0) is 20.4. The standard InChI is InChI=1S/C23H24N4O2/c1-16-8-3-4-11-21(16)27-17(2)14-20(25-27)23(29)24-18-9-7-10-19(15-18)26-13-6-5-12-22(26)28/h3-4,7-11,14-15H,5-6,12-13H2,1-2H3,(H,24,29). The van der Waals surface area contributed by atoms with Crippen LogP contribution >= 0.6 is 0 Å². The monoisotopic (exact) mass is 388 g/mol. The Balaban J connectivity index is 1.55. The molecule has 4 rings (SSSR count). The van der Waals surface area contributed by atoms with E-state index in [-0.39, 0.29) is 11.8 Å². The third-order valence-electron chi connectivity index (χ3n) is 5.20. The third kappa shape index (κ3) is 3.92. The number of nitrogens with zero attached hydrogens (tertiary/aromatic N) is 3. The number of aryl methyl sites for hydroxylation is 2. The summed E-state index contributed by atoms with van der Waals surface area (Å²) >= 11 is 0. The first-order chi connectivity index (χ1) is 14.0. The molecule has 0 saturated carbocycles. The molecule has 1 aromatic heterocycles. The Bertz CT molecular complexity index is 1070. The first kappa shape index (κ1) is 18.9. The lowest BCUT2D eigenvalue weighted by molar-refractivity contribution is -0.119. The molecule has 2 amide bonds. The van der Waals surface area contributed by atoms with E-state index in [0.29, 0.717) is 17.8 Å². The molecule has 3 aromatic rings. The highest BCUT2D eigenvalue weighted by atomic mass is 16.2. The summed E-state index contributed by atoms with van der Waals surface area (Å²) in [6, 6.07) is 17.1. The number of para-hydroxylation sites is 1. The maximum Gasteiger partial charge on any atom is 0.276 e. The van der Waals surface area contributed by atoms with Crippen LogP contribution in [0.5, 0.6) is 0 Å². The first-order valence-corrected chi connectivity index (χ1v) is 9.87. The third-order valence-corrected chi connectivity index (χ3v) is 5.20. The van der Waals surface area contributed by atoms with Crippen LogP contribution in [0.4, 0.5) is 11.4 Å². The Labute approximate surface area is 170 Å². The van der Waals surface area contributed by atoms with Gasteiger partial charge in [-0.1, -0.05) is 24.3 Å². The molecule has 0 atom stereocenters. The number of piperidine rings is 1. The number of rotatable bonds is 4. The van der Waals surface area contributed by atoms with Crippen LogP contribution in [0.15, 0.2) is 54.6 Å². The first-order valence-electron chi connectivity index (χ1n) is 9.87. The number of nitrogens with one attached hydrogen (secondary N) is 1. The molecule has 0 unspecified atom stereocenters. The minimum Gasteiger partial charge on any atom is -0.321 e. The normalized spacial score (nSPS) is 14.1. The van der Waals surface area contributed by atoms with Crippen LogP contribution in [-0.4, -0.2) is 28.1 Å². The summed E-state index contributed by atoms with van der Waals surface area (Å²) < 4.78 is 1.78. The summed E-state index contributed by atoms with van der Waals surface area (Å²) in [5.74, 6) is -0.144. The number of anilines is 2. The molecule has 1 saturated heterocycles. The minimum atomic E-state index is -0.275. The number of hydrogen-bond donors (Lipinski definition) is 1. The fourth-order valence-electron chi connectivity index (χ4n) is 3.66. The van der Waals surface area contributed by atoms with Gasteiger partial charge in [-0.3, -0.25) is 9.59 Å². The van der Waals surface area contributed by atoms with Crippen molar-refractivity contribution in [2.75, 3.05) is 16.8 Å². The predicted octanol–water partition coefficient (Wildman–Crippen LogP) is 4.26. The van der Waals surface area contributed by atoms with E-state index in [1.165, 1.54) is 0 Å². The average Bonchev–Trinajstić information content (AvgIpc) is 3.10. The van der Waals surface area contributed by atoms with E-state index >= 15 is 0 Å². The summed E-state index contributed by atoms with van der Waals surface area (Å²) in [7, 11) is 0. The summed E-state index contributed by atoms with van der Waals surface area (Å²) in [6.45, 7) is 4.67. The van der Waals surface area contributed by atoms with Gasteiger partial charge < -0.3 is 10.2 Å². The van der Waals surface area contributed by atoms with E-state index in [0.717, 1.165) is 42.0 Å². The number of carbonyl (C=O) groups excluding carboxylic acids is 2. The summed E-state index contributed by atoms with van der Waals surface area (Å²) in [5.41, 5.74) is 4.74. The number of amides is 2. The molecule has 29 heavy (non-hydrogen) atoms. The second-order valence-electron chi connectivity index (χ2n) is 7.38.